The predicted octanol–water partition coefficient (Wildman–Crippen LogP) is 1.48. The highest BCUT2D eigenvalue weighted by atomic mass is 79.9. The Balaban J connectivity index is 2.95. The molecule has 1 heterocycles. The molecule has 0 saturated heterocycles. The molecule has 0 bridgehead atoms. The number of rotatable bonds is 5. The second-order valence-electron chi connectivity index (χ2n) is 3.64. The van der Waals surface area contributed by atoms with Crippen molar-refractivity contribution in [3.8, 4) is 0 Å². The summed E-state index contributed by atoms with van der Waals surface area (Å²) in [6, 6.07) is 1.33. The standard InChI is InChI=1S/C10H13BrN2O4/c1-6-4-7(13(16)17)5-12-9(6)10(15)8(14)2-3-11/h4-5,8,10,14-15H,2-3H2,1H3. The summed E-state index contributed by atoms with van der Waals surface area (Å²) in [5.41, 5.74) is 0.623. The first-order valence-corrected chi connectivity index (χ1v) is 6.12. The maximum atomic E-state index is 10.5. The van der Waals surface area contributed by atoms with Crippen LogP contribution in [0.25, 0.3) is 0 Å². The van der Waals surface area contributed by atoms with Gasteiger partial charge >= 0.3 is 0 Å². The summed E-state index contributed by atoms with van der Waals surface area (Å²) in [6.45, 7) is 1.61. The van der Waals surface area contributed by atoms with Gasteiger partial charge in [-0.15, -0.1) is 0 Å². The van der Waals surface area contributed by atoms with E-state index in [4.69, 9.17) is 0 Å². The van der Waals surface area contributed by atoms with Crippen LogP contribution < -0.4 is 0 Å². The Morgan fingerprint density at radius 3 is 2.71 bits per heavy atom. The molecule has 17 heavy (non-hydrogen) atoms. The minimum atomic E-state index is -1.13. The van der Waals surface area contributed by atoms with Crippen LogP contribution in [0.15, 0.2) is 12.3 Å². The summed E-state index contributed by atoms with van der Waals surface area (Å²) in [5, 5.41) is 30.5. The average molecular weight is 305 g/mol. The van der Waals surface area contributed by atoms with Crippen molar-refractivity contribution in [3.05, 3.63) is 33.6 Å². The molecular formula is C10H13BrN2O4. The van der Waals surface area contributed by atoms with Crippen molar-refractivity contribution in [2.45, 2.75) is 25.6 Å². The number of nitrogens with zero attached hydrogens (tertiary/aromatic N) is 2. The van der Waals surface area contributed by atoms with E-state index in [-0.39, 0.29) is 11.4 Å². The topological polar surface area (TPSA) is 96.5 Å². The minimum absolute atomic E-state index is 0.131. The first kappa shape index (κ1) is 14.0. The van der Waals surface area contributed by atoms with Gasteiger partial charge in [0.15, 0.2) is 0 Å². The van der Waals surface area contributed by atoms with Gasteiger partial charge in [0.05, 0.1) is 16.7 Å². The zero-order chi connectivity index (χ0) is 13.0. The quantitative estimate of drug-likeness (QED) is 0.488. The van der Waals surface area contributed by atoms with Gasteiger partial charge in [0.1, 0.15) is 12.3 Å². The molecule has 0 aromatic carbocycles. The van der Waals surface area contributed by atoms with Gasteiger partial charge in [0.2, 0.25) is 0 Å². The van der Waals surface area contributed by atoms with Crippen molar-refractivity contribution in [1.29, 1.82) is 0 Å². The van der Waals surface area contributed by atoms with Gasteiger partial charge in [-0.3, -0.25) is 15.1 Å². The van der Waals surface area contributed by atoms with Gasteiger partial charge in [-0.25, -0.2) is 0 Å². The zero-order valence-corrected chi connectivity index (χ0v) is 10.8. The number of aliphatic hydroxyl groups is 2. The van der Waals surface area contributed by atoms with E-state index in [2.05, 4.69) is 20.9 Å². The Morgan fingerprint density at radius 1 is 1.59 bits per heavy atom. The SMILES string of the molecule is Cc1cc([N+](=O)[O-])cnc1C(O)C(O)CCBr. The van der Waals surface area contributed by atoms with Crippen molar-refractivity contribution >= 4 is 21.6 Å². The third-order valence-electron chi connectivity index (χ3n) is 2.36. The summed E-state index contributed by atoms with van der Waals surface area (Å²) >= 11 is 3.16. The summed E-state index contributed by atoms with van der Waals surface area (Å²) < 4.78 is 0. The molecule has 6 nitrogen and oxygen atoms in total. The molecule has 0 fully saturated rings. The summed E-state index contributed by atoms with van der Waals surface area (Å²) in [4.78, 5) is 13.8. The first-order valence-electron chi connectivity index (χ1n) is 5.00. The van der Waals surface area contributed by atoms with E-state index in [1.165, 1.54) is 6.07 Å². The Labute approximate surface area is 107 Å². The van der Waals surface area contributed by atoms with Crippen LogP contribution in [0.1, 0.15) is 23.8 Å². The van der Waals surface area contributed by atoms with Crippen LogP contribution in [0.3, 0.4) is 0 Å². The van der Waals surface area contributed by atoms with Gasteiger partial charge in [0.25, 0.3) is 5.69 Å². The van der Waals surface area contributed by atoms with Crippen LogP contribution in [0.5, 0.6) is 0 Å². The lowest BCUT2D eigenvalue weighted by molar-refractivity contribution is -0.385. The predicted molar refractivity (Wildman–Crippen MR) is 65.0 cm³/mol. The molecule has 0 aliphatic carbocycles. The molecule has 1 aromatic heterocycles. The van der Waals surface area contributed by atoms with E-state index < -0.39 is 17.1 Å². The first-order chi connectivity index (χ1) is 7.97. The molecule has 0 amide bonds. The van der Waals surface area contributed by atoms with Crippen LogP contribution in [-0.2, 0) is 0 Å². The van der Waals surface area contributed by atoms with E-state index in [0.29, 0.717) is 17.3 Å². The van der Waals surface area contributed by atoms with E-state index in [9.17, 15) is 20.3 Å². The molecule has 0 aliphatic heterocycles. The molecule has 94 valence electrons. The summed E-state index contributed by atoms with van der Waals surface area (Å²) in [7, 11) is 0. The van der Waals surface area contributed by atoms with Gasteiger partial charge in [-0.1, -0.05) is 15.9 Å². The average Bonchev–Trinajstić information content (AvgIpc) is 2.28. The van der Waals surface area contributed by atoms with Crippen LogP contribution in [0, 0.1) is 17.0 Å². The largest absolute Gasteiger partial charge is 0.390 e. The zero-order valence-electron chi connectivity index (χ0n) is 9.21. The van der Waals surface area contributed by atoms with E-state index in [0.717, 1.165) is 6.20 Å². The number of aromatic nitrogens is 1. The fourth-order valence-electron chi connectivity index (χ4n) is 1.43. The smallest absolute Gasteiger partial charge is 0.287 e. The van der Waals surface area contributed by atoms with Crippen molar-refractivity contribution < 1.29 is 15.1 Å². The fraction of sp³-hybridized carbons (Fsp3) is 0.500. The molecule has 2 N–H and O–H groups in total. The Morgan fingerprint density at radius 2 is 2.24 bits per heavy atom. The number of aliphatic hydroxyl groups excluding tert-OH is 2. The van der Waals surface area contributed by atoms with Crippen molar-refractivity contribution in [2.75, 3.05) is 5.33 Å². The van der Waals surface area contributed by atoms with Crippen LogP contribution in [0.2, 0.25) is 0 Å². The number of aryl methyl sites for hydroxylation is 1. The normalized spacial score (nSPS) is 14.4. The molecule has 7 heteroatoms. The van der Waals surface area contributed by atoms with Gasteiger partial charge in [0, 0.05) is 11.4 Å². The van der Waals surface area contributed by atoms with Gasteiger partial charge in [-0.2, -0.15) is 0 Å². The second-order valence-corrected chi connectivity index (χ2v) is 4.44. The highest BCUT2D eigenvalue weighted by molar-refractivity contribution is 9.09. The number of pyridine rings is 1. The lowest BCUT2D eigenvalue weighted by Gasteiger charge is -2.17. The number of halogens is 1. The van der Waals surface area contributed by atoms with Gasteiger partial charge in [-0.05, 0) is 18.9 Å². The van der Waals surface area contributed by atoms with Crippen LogP contribution in [-0.4, -0.2) is 31.6 Å². The molecule has 0 aliphatic rings. The monoisotopic (exact) mass is 304 g/mol. The van der Waals surface area contributed by atoms with Crippen molar-refractivity contribution in [3.63, 3.8) is 0 Å². The molecule has 1 rings (SSSR count). The maximum absolute atomic E-state index is 10.5. The number of alkyl halides is 1. The lowest BCUT2D eigenvalue weighted by Crippen LogP contribution is -2.20. The molecule has 2 atom stereocenters. The molecule has 0 radical (unpaired) electrons. The van der Waals surface area contributed by atoms with E-state index in [1.807, 2.05) is 0 Å². The van der Waals surface area contributed by atoms with E-state index >= 15 is 0 Å². The molecule has 0 spiro atoms. The highest BCUT2D eigenvalue weighted by Crippen LogP contribution is 2.23. The van der Waals surface area contributed by atoms with Crippen LogP contribution >= 0.6 is 15.9 Å². The van der Waals surface area contributed by atoms with Crippen LogP contribution in [0.4, 0.5) is 5.69 Å². The van der Waals surface area contributed by atoms with Crippen molar-refractivity contribution in [1.82, 2.24) is 4.98 Å². The number of hydrogen-bond acceptors (Lipinski definition) is 5. The Hall–Kier alpha value is -1.05. The van der Waals surface area contributed by atoms with Gasteiger partial charge < -0.3 is 10.2 Å². The number of hydrogen-bond donors (Lipinski definition) is 2. The molecule has 0 saturated carbocycles. The third kappa shape index (κ3) is 3.45. The van der Waals surface area contributed by atoms with E-state index in [1.54, 1.807) is 6.92 Å². The maximum Gasteiger partial charge on any atom is 0.287 e. The Kier molecular flexibility index (Phi) is 4.98. The molecular weight excluding hydrogens is 292 g/mol. The molecule has 1 aromatic rings. The number of nitro groups is 1. The van der Waals surface area contributed by atoms with Crippen molar-refractivity contribution in [2.24, 2.45) is 0 Å². The summed E-state index contributed by atoms with van der Waals surface area (Å²) in [5.74, 6) is 0. The third-order valence-corrected chi connectivity index (χ3v) is 2.82. The fourth-order valence-corrected chi connectivity index (χ4v) is 1.90. The lowest BCUT2D eigenvalue weighted by atomic mass is 10.0. The minimum Gasteiger partial charge on any atom is -0.390 e. The summed E-state index contributed by atoms with van der Waals surface area (Å²) in [6.07, 6.45) is -0.624. The highest BCUT2D eigenvalue weighted by Gasteiger charge is 2.22. The Bertz CT molecular complexity index is 413. The second kappa shape index (κ2) is 6.04. The molecule has 2 unspecified atom stereocenters.